The van der Waals surface area contributed by atoms with Crippen LogP contribution in [0.5, 0.6) is 0 Å². The van der Waals surface area contributed by atoms with Gasteiger partial charge in [0, 0.05) is 31.6 Å². The Labute approximate surface area is 160 Å². The maximum absolute atomic E-state index is 13.5. The topological polar surface area (TPSA) is 61.8 Å². The van der Waals surface area contributed by atoms with E-state index in [0.717, 1.165) is 44.9 Å². The molecule has 5 nitrogen and oxygen atoms in total. The van der Waals surface area contributed by atoms with Crippen molar-refractivity contribution in [3.63, 3.8) is 0 Å². The molecule has 5 heteroatoms. The number of rotatable bonds is 1. The normalized spacial score (nSPS) is 45.0. The molecule has 5 aliphatic rings. The van der Waals surface area contributed by atoms with E-state index in [1.54, 1.807) is 0 Å². The van der Waals surface area contributed by atoms with E-state index in [1.807, 2.05) is 0 Å². The van der Waals surface area contributed by atoms with Crippen LogP contribution in [-0.2, 0) is 23.8 Å². The number of esters is 1. The highest BCUT2D eigenvalue weighted by Gasteiger charge is 2.65. The Balaban J connectivity index is 1.48. The van der Waals surface area contributed by atoms with Crippen molar-refractivity contribution in [2.45, 2.75) is 77.1 Å². The summed E-state index contributed by atoms with van der Waals surface area (Å²) < 4.78 is 17.7. The Morgan fingerprint density at radius 2 is 1.93 bits per heavy atom. The number of hydrogen-bond donors (Lipinski definition) is 0. The predicted octanol–water partition coefficient (Wildman–Crippen LogP) is 3.56. The van der Waals surface area contributed by atoms with E-state index in [0.29, 0.717) is 37.3 Å². The molecule has 0 aromatic rings. The van der Waals surface area contributed by atoms with Crippen LogP contribution in [0.15, 0.2) is 11.6 Å². The van der Waals surface area contributed by atoms with Crippen LogP contribution in [0, 0.1) is 22.7 Å². The van der Waals surface area contributed by atoms with Gasteiger partial charge in [0.1, 0.15) is 11.9 Å². The van der Waals surface area contributed by atoms with Gasteiger partial charge < -0.3 is 14.2 Å². The molecule has 2 spiro atoms. The molecular weight excluding hydrogens is 344 g/mol. The largest absolute Gasteiger partial charge is 0.462 e. The second-order valence-corrected chi connectivity index (χ2v) is 9.54. The molecule has 5 rings (SSSR count). The smallest absolute Gasteiger partial charge is 0.302 e. The van der Waals surface area contributed by atoms with Gasteiger partial charge in [-0.1, -0.05) is 18.6 Å². The Morgan fingerprint density at radius 3 is 2.67 bits per heavy atom. The van der Waals surface area contributed by atoms with Gasteiger partial charge in [-0.2, -0.15) is 0 Å². The summed E-state index contributed by atoms with van der Waals surface area (Å²) >= 11 is 0. The minimum absolute atomic E-state index is 0.0524. The van der Waals surface area contributed by atoms with Crippen molar-refractivity contribution < 1.29 is 23.8 Å². The number of carbonyl (C=O) groups excluding carboxylic acids is 2. The van der Waals surface area contributed by atoms with Crippen molar-refractivity contribution in [3.8, 4) is 0 Å². The molecule has 0 aromatic heterocycles. The van der Waals surface area contributed by atoms with Gasteiger partial charge in [0.05, 0.1) is 18.6 Å². The molecule has 0 aromatic carbocycles. The van der Waals surface area contributed by atoms with Crippen molar-refractivity contribution in [2.24, 2.45) is 22.7 Å². The molecule has 1 saturated heterocycles. The summed E-state index contributed by atoms with van der Waals surface area (Å²) in [5, 5.41) is 0. The van der Waals surface area contributed by atoms with Gasteiger partial charge in [-0.3, -0.25) is 9.59 Å². The second-order valence-electron chi connectivity index (χ2n) is 9.54. The number of allylic oxidation sites excluding steroid dienone is 1. The molecule has 3 saturated carbocycles. The molecule has 4 aliphatic carbocycles. The first kappa shape index (κ1) is 17.9. The predicted molar refractivity (Wildman–Crippen MR) is 97.7 cm³/mol. The fraction of sp³-hybridized carbons (Fsp3) is 0.818. The lowest BCUT2D eigenvalue weighted by Crippen LogP contribution is -2.48. The van der Waals surface area contributed by atoms with E-state index >= 15 is 0 Å². The summed E-state index contributed by atoms with van der Waals surface area (Å²) in [4.78, 5) is 25.2. The SMILES string of the molecule is CC(=O)OC1CCC2C3CC=C4CC5(CCC43C(=O)CCC12C)OCCO5. The fourth-order valence-corrected chi connectivity index (χ4v) is 7.25. The van der Waals surface area contributed by atoms with Crippen LogP contribution in [0.1, 0.15) is 65.2 Å². The van der Waals surface area contributed by atoms with Crippen LogP contribution < -0.4 is 0 Å². The van der Waals surface area contributed by atoms with Crippen molar-refractivity contribution in [3.05, 3.63) is 11.6 Å². The molecule has 4 fully saturated rings. The molecule has 27 heavy (non-hydrogen) atoms. The fourth-order valence-electron chi connectivity index (χ4n) is 7.25. The number of carbonyl (C=O) groups is 2. The zero-order valence-corrected chi connectivity index (χ0v) is 16.4. The highest BCUT2D eigenvalue weighted by molar-refractivity contribution is 5.90. The minimum Gasteiger partial charge on any atom is -0.462 e. The highest BCUT2D eigenvalue weighted by Crippen LogP contribution is 2.66. The van der Waals surface area contributed by atoms with Crippen molar-refractivity contribution in [1.82, 2.24) is 0 Å². The van der Waals surface area contributed by atoms with Gasteiger partial charge in [-0.15, -0.1) is 0 Å². The highest BCUT2D eigenvalue weighted by atomic mass is 16.7. The average Bonchev–Trinajstić information content (AvgIpc) is 3.30. The number of ketones is 1. The zero-order chi connectivity index (χ0) is 18.9. The quantitative estimate of drug-likeness (QED) is 0.519. The van der Waals surface area contributed by atoms with Crippen LogP contribution in [-0.4, -0.2) is 36.9 Å². The van der Waals surface area contributed by atoms with Crippen LogP contribution in [0.3, 0.4) is 0 Å². The van der Waals surface area contributed by atoms with Crippen LogP contribution in [0.25, 0.3) is 0 Å². The summed E-state index contributed by atoms with van der Waals surface area (Å²) in [6.07, 6.45) is 9.02. The summed E-state index contributed by atoms with van der Waals surface area (Å²) in [6.45, 7) is 5.07. The first-order valence-corrected chi connectivity index (χ1v) is 10.6. The first-order valence-electron chi connectivity index (χ1n) is 10.6. The standard InChI is InChI=1S/C22H30O5/c1-14(23)27-19-6-5-16-17-4-3-15-13-21(25-11-12-26-21)9-10-22(15,17)18(24)7-8-20(16,19)2/h3,16-17,19H,4-13H2,1-2H3. The lowest BCUT2D eigenvalue weighted by molar-refractivity contribution is -0.182. The van der Waals surface area contributed by atoms with Crippen LogP contribution >= 0.6 is 0 Å². The van der Waals surface area contributed by atoms with Gasteiger partial charge in [-0.25, -0.2) is 0 Å². The number of ether oxygens (including phenoxy) is 3. The summed E-state index contributed by atoms with van der Waals surface area (Å²) in [5.41, 5.74) is 0.855. The Bertz CT molecular complexity index is 705. The molecule has 148 valence electrons. The molecule has 1 heterocycles. The molecule has 0 radical (unpaired) electrons. The van der Waals surface area contributed by atoms with Crippen molar-refractivity contribution >= 4 is 11.8 Å². The molecule has 0 amide bonds. The van der Waals surface area contributed by atoms with Gasteiger partial charge in [-0.05, 0) is 43.9 Å². The lowest BCUT2D eigenvalue weighted by Gasteiger charge is -2.47. The third-order valence-corrected chi connectivity index (χ3v) is 8.50. The molecule has 5 atom stereocenters. The third kappa shape index (κ3) is 2.37. The first-order chi connectivity index (χ1) is 12.9. The van der Waals surface area contributed by atoms with E-state index < -0.39 is 5.79 Å². The molecular formula is C22H30O5. The average molecular weight is 374 g/mol. The van der Waals surface area contributed by atoms with E-state index in [-0.39, 0.29) is 22.9 Å². The number of Topliss-reactive ketones (excluding diaryl/α,β-unsaturated/α-hetero) is 1. The van der Waals surface area contributed by atoms with E-state index in [1.165, 1.54) is 12.5 Å². The Kier molecular flexibility index (Phi) is 3.90. The Morgan fingerprint density at radius 1 is 1.15 bits per heavy atom. The number of fused-ring (bicyclic) bond motifs is 2. The summed E-state index contributed by atoms with van der Waals surface area (Å²) in [6, 6.07) is 0. The van der Waals surface area contributed by atoms with Gasteiger partial charge in [0.25, 0.3) is 0 Å². The Hall–Kier alpha value is -1.20. The van der Waals surface area contributed by atoms with Crippen molar-refractivity contribution in [1.29, 1.82) is 0 Å². The van der Waals surface area contributed by atoms with Gasteiger partial charge in [0.2, 0.25) is 0 Å². The van der Waals surface area contributed by atoms with E-state index in [9.17, 15) is 9.59 Å². The second kappa shape index (κ2) is 5.90. The van der Waals surface area contributed by atoms with Gasteiger partial charge in [0.15, 0.2) is 5.79 Å². The molecule has 0 N–H and O–H groups in total. The van der Waals surface area contributed by atoms with Crippen LogP contribution in [0.2, 0.25) is 0 Å². The lowest BCUT2D eigenvalue weighted by atomic mass is 9.58. The number of hydrogen-bond acceptors (Lipinski definition) is 5. The maximum Gasteiger partial charge on any atom is 0.302 e. The van der Waals surface area contributed by atoms with Crippen molar-refractivity contribution in [2.75, 3.05) is 13.2 Å². The molecule has 5 unspecified atom stereocenters. The van der Waals surface area contributed by atoms with E-state index in [2.05, 4.69) is 13.0 Å². The third-order valence-electron chi connectivity index (χ3n) is 8.50. The molecule has 0 bridgehead atoms. The minimum atomic E-state index is -0.488. The van der Waals surface area contributed by atoms with Gasteiger partial charge >= 0.3 is 5.97 Å². The maximum atomic E-state index is 13.5. The monoisotopic (exact) mass is 374 g/mol. The van der Waals surface area contributed by atoms with E-state index in [4.69, 9.17) is 14.2 Å². The zero-order valence-electron chi connectivity index (χ0n) is 16.4. The van der Waals surface area contributed by atoms with Crippen LogP contribution in [0.4, 0.5) is 0 Å². The summed E-state index contributed by atoms with van der Waals surface area (Å²) in [5.74, 6) is 0.486. The molecule has 1 aliphatic heterocycles. The summed E-state index contributed by atoms with van der Waals surface area (Å²) in [7, 11) is 0.